The molecule has 0 bridgehead atoms. The van der Waals surface area contributed by atoms with Gasteiger partial charge < -0.3 is 15.2 Å². The Bertz CT molecular complexity index is 567. The summed E-state index contributed by atoms with van der Waals surface area (Å²) in [7, 11) is 1.55. The van der Waals surface area contributed by atoms with E-state index >= 15 is 0 Å². The monoisotopic (exact) mass is 275 g/mol. The minimum absolute atomic E-state index is 0.241. The molecule has 0 saturated heterocycles. The Labute approximate surface area is 117 Å². The maximum atomic E-state index is 11.1. The predicted molar refractivity (Wildman–Crippen MR) is 75.3 cm³/mol. The van der Waals surface area contributed by atoms with Crippen LogP contribution in [0.15, 0.2) is 36.7 Å². The number of aryl methyl sites for hydroxylation is 1. The second-order valence-electron chi connectivity index (χ2n) is 4.27. The van der Waals surface area contributed by atoms with Gasteiger partial charge in [0.05, 0.1) is 18.4 Å². The number of benzene rings is 1. The average molecular weight is 275 g/mol. The highest BCUT2D eigenvalue weighted by Crippen LogP contribution is 2.22. The van der Waals surface area contributed by atoms with E-state index in [2.05, 4.69) is 10.4 Å². The number of anilines is 1. The third kappa shape index (κ3) is 3.50. The van der Waals surface area contributed by atoms with Crippen molar-refractivity contribution in [1.82, 2.24) is 9.78 Å². The largest absolute Gasteiger partial charge is 0.497 e. The maximum absolute atomic E-state index is 11.1. The van der Waals surface area contributed by atoms with Gasteiger partial charge in [0.2, 0.25) is 0 Å². The number of nitrogens with zero attached hydrogens (tertiary/aromatic N) is 2. The van der Waals surface area contributed by atoms with E-state index in [4.69, 9.17) is 9.84 Å². The Kier molecular flexibility index (Phi) is 4.60. The Balaban J connectivity index is 1.95. The molecule has 106 valence electrons. The van der Waals surface area contributed by atoms with Gasteiger partial charge in [-0.15, -0.1) is 0 Å². The van der Waals surface area contributed by atoms with Crippen LogP contribution in [-0.2, 0) is 6.54 Å². The second-order valence-corrected chi connectivity index (χ2v) is 4.27. The van der Waals surface area contributed by atoms with Crippen LogP contribution >= 0.6 is 0 Å². The van der Waals surface area contributed by atoms with Gasteiger partial charge in [-0.05, 0) is 24.6 Å². The van der Waals surface area contributed by atoms with Crippen molar-refractivity contribution in [2.45, 2.75) is 13.0 Å². The van der Waals surface area contributed by atoms with Crippen LogP contribution in [0.2, 0.25) is 0 Å². The lowest BCUT2D eigenvalue weighted by Gasteiger charge is -2.11. The Morgan fingerprint density at radius 1 is 1.50 bits per heavy atom. The summed E-state index contributed by atoms with van der Waals surface area (Å²) < 4.78 is 6.95. The highest BCUT2D eigenvalue weighted by molar-refractivity contribution is 5.94. The van der Waals surface area contributed by atoms with Crippen molar-refractivity contribution in [2.75, 3.05) is 19.0 Å². The first-order valence-electron chi connectivity index (χ1n) is 6.33. The molecule has 0 radical (unpaired) electrons. The molecule has 0 aliphatic rings. The zero-order valence-corrected chi connectivity index (χ0v) is 11.2. The van der Waals surface area contributed by atoms with Gasteiger partial charge in [-0.2, -0.15) is 5.10 Å². The average Bonchev–Trinajstić information content (AvgIpc) is 2.96. The van der Waals surface area contributed by atoms with E-state index < -0.39 is 5.97 Å². The van der Waals surface area contributed by atoms with E-state index in [-0.39, 0.29) is 5.56 Å². The first-order chi connectivity index (χ1) is 9.70. The number of ether oxygens (including phenoxy) is 1. The number of carboxylic acid groups (broad SMARTS) is 1. The van der Waals surface area contributed by atoms with E-state index in [0.29, 0.717) is 18.0 Å². The fraction of sp³-hybridized carbons (Fsp3) is 0.286. The molecule has 20 heavy (non-hydrogen) atoms. The maximum Gasteiger partial charge on any atom is 0.337 e. The smallest absolute Gasteiger partial charge is 0.337 e. The quantitative estimate of drug-likeness (QED) is 0.757. The molecule has 1 aromatic heterocycles. The molecule has 1 heterocycles. The van der Waals surface area contributed by atoms with Crippen molar-refractivity contribution in [2.24, 2.45) is 0 Å². The first kappa shape index (κ1) is 13.9. The first-order valence-corrected chi connectivity index (χ1v) is 6.33. The Morgan fingerprint density at radius 2 is 2.35 bits per heavy atom. The summed E-state index contributed by atoms with van der Waals surface area (Å²) in [4.78, 5) is 11.1. The van der Waals surface area contributed by atoms with Gasteiger partial charge in [-0.3, -0.25) is 4.68 Å². The number of nitrogens with one attached hydrogen (secondary N) is 1. The predicted octanol–water partition coefficient (Wildman–Crippen LogP) is 2.09. The van der Waals surface area contributed by atoms with Crippen LogP contribution in [0.3, 0.4) is 0 Å². The molecular weight excluding hydrogens is 258 g/mol. The Morgan fingerprint density at radius 3 is 3.00 bits per heavy atom. The molecule has 2 N–H and O–H groups in total. The zero-order chi connectivity index (χ0) is 14.4. The number of carboxylic acids is 1. The van der Waals surface area contributed by atoms with Crippen LogP contribution in [0.1, 0.15) is 16.8 Å². The van der Waals surface area contributed by atoms with Crippen molar-refractivity contribution in [1.29, 1.82) is 0 Å². The van der Waals surface area contributed by atoms with Crippen LogP contribution in [0.4, 0.5) is 5.69 Å². The summed E-state index contributed by atoms with van der Waals surface area (Å²) in [6.07, 6.45) is 4.48. The number of hydrogen-bond donors (Lipinski definition) is 2. The van der Waals surface area contributed by atoms with Crippen LogP contribution in [-0.4, -0.2) is 34.5 Å². The van der Waals surface area contributed by atoms with E-state index in [0.717, 1.165) is 13.0 Å². The number of rotatable bonds is 7. The zero-order valence-electron chi connectivity index (χ0n) is 11.2. The molecular formula is C14H17N3O3. The summed E-state index contributed by atoms with van der Waals surface area (Å²) >= 11 is 0. The van der Waals surface area contributed by atoms with Crippen molar-refractivity contribution in [3.8, 4) is 5.75 Å². The summed E-state index contributed by atoms with van der Waals surface area (Å²) in [5, 5.41) is 16.4. The molecule has 0 fully saturated rings. The van der Waals surface area contributed by atoms with Gasteiger partial charge in [-0.25, -0.2) is 4.79 Å². The molecule has 0 spiro atoms. The van der Waals surface area contributed by atoms with E-state index in [1.807, 2.05) is 16.9 Å². The van der Waals surface area contributed by atoms with Crippen molar-refractivity contribution in [3.63, 3.8) is 0 Å². The van der Waals surface area contributed by atoms with Crippen LogP contribution in [0, 0.1) is 0 Å². The molecule has 0 atom stereocenters. The van der Waals surface area contributed by atoms with Crippen molar-refractivity contribution >= 4 is 11.7 Å². The summed E-state index contributed by atoms with van der Waals surface area (Å²) in [6, 6.07) is 6.74. The third-order valence-electron chi connectivity index (χ3n) is 2.90. The molecule has 0 aliphatic heterocycles. The van der Waals surface area contributed by atoms with Gasteiger partial charge in [0.1, 0.15) is 5.75 Å². The van der Waals surface area contributed by atoms with Gasteiger partial charge in [-0.1, -0.05) is 0 Å². The van der Waals surface area contributed by atoms with E-state index in [1.54, 1.807) is 25.4 Å². The molecule has 1 aromatic carbocycles. The van der Waals surface area contributed by atoms with Gasteiger partial charge in [0, 0.05) is 31.5 Å². The van der Waals surface area contributed by atoms with Crippen LogP contribution in [0.25, 0.3) is 0 Å². The van der Waals surface area contributed by atoms with Crippen molar-refractivity contribution < 1.29 is 14.6 Å². The number of aromatic carboxylic acids is 1. The van der Waals surface area contributed by atoms with Crippen LogP contribution < -0.4 is 10.1 Å². The molecule has 0 unspecified atom stereocenters. The second kappa shape index (κ2) is 6.60. The summed E-state index contributed by atoms with van der Waals surface area (Å²) in [6.45, 7) is 1.44. The lowest BCUT2D eigenvalue weighted by Crippen LogP contribution is -2.10. The lowest BCUT2D eigenvalue weighted by atomic mass is 10.1. The molecule has 2 rings (SSSR count). The minimum atomic E-state index is -0.956. The molecule has 0 amide bonds. The molecule has 2 aromatic rings. The third-order valence-corrected chi connectivity index (χ3v) is 2.90. The minimum Gasteiger partial charge on any atom is -0.497 e. The normalized spacial score (nSPS) is 10.2. The molecule has 0 saturated carbocycles. The standard InChI is InChI=1S/C14H17N3O3/c1-20-11-4-5-12(14(18)19)13(10-11)15-6-2-8-17-9-3-7-16-17/h3-5,7,9-10,15H,2,6,8H2,1H3,(H,18,19). The molecule has 0 aliphatic carbocycles. The topological polar surface area (TPSA) is 76.4 Å². The van der Waals surface area contributed by atoms with Crippen molar-refractivity contribution in [3.05, 3.63) is 42.2 Å². The van der Waals surface area contributed by atoms with Gasteiger partial charge in [0.15, 0.2) is 0 Å². The van der Waals surface area contributed by atoms with Gasteiger partial charge >= 0.3 is 5.97 Å². The fourth-order valence-electron chi connectivity index (χ4n) is 1.88. The molecule has 6 heteroatoms. The van der Waals surface area contributed by atoms with Gasteiger partial charge in [0.25, 0.3) is 0 Å². The van der Waals surface area contributed by atoms with E-state index in [9.17, 15) is 4.79 Å². The highest BCUT2D eigenvalue weighted by Gasteiger charge is 2.10. The van der Waals surface area contributed by atoms with Crippen LogP contribution in [0.5, 0.6) is 5.75 Å². The lowest BCUT2D eigenvalue weighted by molar-refractivity contribution is 0.0698. The van der Waals surface area contributed by atoms with E-state index in [1.165, 1.54) is 6.07 Å². The number of methoxy groups -OCH3 is 1. The number of hydrogen-bond acceptors (Lipinski definition) is 4. The molecule has 6 nitrogen and oxygen atoms in total. The Hall–Kier alpha value is -2.50. The number of aromatic nitrogens is 2. The number of carbonyl (C=O) groups is 1. The summed E-state index contributed by atoms with van der Waals surface area (Å²) in [5.74, 6) is -0.327. The SMILES string of the molecule is COc1ccc(C(=O)O)c(NCCCn2cccn2)c1. The highest BCUT2D eigenvalue weighted by atomic mass is 16.5. The summed E-state index contributed by atoms with van der Waals surface area (Å²) in [5.41, 5.74) is 0.808. The fourth-order valence-corrected chi connectivity index (χ4v) is 1.88.